The summed E-state index contributed by atoms with van der Waals surface area (Å²) in [4.78, 5) is 11.5. The third-order valence-electron chi connectivity index (χ3n) is 3.24. The first-order valence-corrected chi connectivity index (χ1v) is 5.26. The molecule has 2 rings (SSSR count). The normalized spacial score (nSPS) is 40.1. The van der Waals surface area contributed by atoms with Crippen LogP contribution < -0.4 is 0 Å². The number of methoxy groups -OCH3 is 1. The molecule has 3 atom stereocenters. The fourth-order valence-electron chi connectivity index (χ4n) is 2.24. The Labute approximate surface area is 94.3 Å². The molecule has 1 heterocycles. The van der Waals surface area contributed by atoms with E-state index in [1.165, 1.54) is 7.11 Å². The van der Waals surface area contributed by atoms with Gasteiger partial charge in [0.25, 0.3) is 0 Å². The molecule has 0 radical (unpaired) electrons. The topological polar surface area (TPSA) is 68.6 Å². The van der Waals surface area contributed by atoms with E-state index in [0.29, 0.717) is 13.0 Å². The summed E-state index contributed by atoms with van der Waals surface area (Å²) < 4.78 is 15.7. The lowest BCUT2D eigenvalue weighted by atomic mass is 10.0. The number of nitrogens with zero attached hydrogens (tertiary/aromatic N) is 1. The molecule has 0 bridgehead atoms. The highest BCUT2D eigenvalue weighted by molar-refractivity contribution is 5.84. The Balaban J connectivity index is 2.06. The van der Waals surface area contributed by atoms with Crippen LogP contribution in [0.25, 0.3) is 0 Å². The van der Waals surface area contributed by atoms with E-state index in [4.69, 9.17) is 14.7 Å². The lowest BCUT2D eigenvalue weighted by Crippen LogP contribution is -2.27. The van der Waals surface area contributed by atoms with Crippen LogP contribution in [0.15, 0.2) is 0 Å². The van der Waals surface area contributed by atoms with Gasteiger partial charge in [0, 0.05) is 5.92 Å². The molecular weight excluding hydrogens is 210 g/mol. The fourth-order valence-corrected chi connectivity index (χ4v) is 2.24. The largest absolute Gasteiger partial charge is 0.468 e. The van der Waals surface area contributed by atoms with Crippen molar-refractivity contribution < 1.29 is 19.0 Å². The van der Waals surface area contributed by atoms with E-state index < -0.39 is 17.2 Å². The zero-order chi connectivity index (χ0) is 12.0. The molecule has 0 aromatic carbocycles. The molecule has 1 aliphatic heterocycles. The Kier molecular flexibility index (Phi) is 2.44. The van der Waals surface area contributed by atoms with Crippen molar-refractivity contribution in [1.29, 1.82) is 5.26 Å². The van der Waals surface area contributed by atoms with E-state index in [1.807, 2.05) is 19.9 Å². The Morgan fingerprint density at radius 2 is 2.25 bits per heavy atom. The van der Waals surface area contributed by atoms with E-state index in [0.717, 1.165) is 0 Å². The maximum absolute atomic E-state index is 11.5. The van der Waals surface area contributed by atoms with Gasteiger partial charge in [-0.15, -0.1) is 0 Å². The van der Waals surface area contributed by atoms with Crippen molar-refractivity contribution in [3.63, 3.8) is 0 Å². The van der Waals surface area contributed by atoms with E-state index >= 15 is 0 Å². The molecule has 88 valence electrons. The number of ether oxygens (including phenoxy) is 3. The monoisotopic (exact) mass is 225 g/mol. The highest BCUT2D eigenvalue weighted by Gasteiger charge is 2.66. The second kappa shape index (κ2) is 3.44. The molecule has 2 fully saturated rings. The minimum absolute atomic E-state index is 0.105. The van der Waals surface area contributed by atoms with Gasteiger partial charge in [-0.25, -0.2) is 0 Å². The maximum atomic E-state index is 11.5. The van der Waals surface area contributed by atoms with Crippen LogP contribution in [0, 0.1) is 22.7 Å². The zero-order valence-electron chi connectivity index (χ0n) is 9.65. The molecular formula is C11H15NO4. The standard InChI is InChI=1S/C11H15NO4/c1-10(2)15-5-8(16-10)7-4-11(7,6-12)9(13)14-3/h7-8H,4-5H2,1-3H3/t7-,8-,11-/m1/s1. The number of carbonyl (C=O) groups is 1. The molecule has 5 nitrogen and oxygen atoms in total. The lowest BCUT2D eigenvalue weighted by molar-refractivity contribution is -0.150. The molecule has 1 saturated heterocycles. The van der Waals surface area contributed by atoms with Crippen LogP contribution >= 0.6 is 0 Å². The smallest absolute Gasteiger partial charge is 0.326 e. The summed E-state index contributed by atoms with van der Waals surface area (Å²) in [7, 11) is 1.30. The van der Waals surface area contributed by atoms with Gasteiger partial charge in [0.15, 0.2) is 11.2 Å². The summed E-state index contributed by atoms with van der Waals surface area (Å²) in [5.74, 6) is -1.19. The van der Waals surface area contributed by atoms with Crippen molar-refractivity contribution >= 4 is 5.97 Å². The summed E-state index contributed by atoms with van der Waals surface area (Å²) in [6.45, 7) is 4.07. The predicted octanol–water partition coefficient (Wildman–Crippen LogP) is 0.841. The van der Waals surface area contributed by atoms with Crippen molar-refractivity contribution in [2.24, 2.45) is 11.3 Å². The maximum Gasteiger partial charge on any atom is 0.326 e. The molecule has 2 aliphatic rings. The van der Waals surface area contributed by atoms with Gasteiger partial charge in [-0.2, -0.15) is 5.26 Å². The number of hydrogen-bond donors (Lipinski definition) is 0. The van der Waals surface area contributed by atoms with E-state index in [2.05, 4.69) is 4.74 Å². The van der Waals surface area contributed by atoms with Gasteiger partial charge >= 0.3 is 5.97 Å². The minimum atomic E-state index is -1.01. The first-order chi connectivity index (χ1) is 7.45. The predicted molar refractivity (Wildman–Crippen MR) is 53.1 cm³/mol. The SMILES string of the molecule is COC(=O)[C@@]1(C#N)C[C@@H]1[C@H]1COC(C)(C)O1. The van der Waals surface area contributed by atoms with Gasteiger partial charge in [0.1, 0.15) is 0 Å². The lowest BCUT2D eigenvalue weighted by Gasteiger charge is -2.17. The highest BCUT2D eigenvalue weighted by atomic mass is 16.7. The summed E-state index contributed by atoms with van der Waals surface area (Å²) in [5, 5.41) is 9.07. The number of nitriles is 1. The Morgan fingerprint density at radius 1 is 1.56 bits per heavy atom. The molecule has 0 aromatic rings. The molecule has 0 aromatic heterocycles. The molecule has 1 aliphatic carbocycles. The number of carbonyl (C=O) groups excluding carboxylic acids is 1. The fraction of sp³-hybridized carbons (Fsp3) is 0.818. The molecule has 0 unspecified atom stereocenters. The van der Waals surface area contributed by atoms with Gasteiger partial charge < -0.3 is 14.2 Å². The molecule has 0 amide bonds. The Bertz CT molecular complexity index is 359. The van der Waals surface area contributed by atoms with Crippen molar-refractivity contribution in [3.05, 3.63) is 0 Å². The van der Waals surface area contributed by atoms with Crippen LogP contribution in [-0.4, -0.2) is 31.6 Å². The summed E-state index contributed by atoms with van der Waals surface area (Å²) in [6, 6.07) is 2.05. The van der Waals surface area contributed by atoms with Crippen molar-refractivity contribution in [3.8, 4) is 6.07 Å². The number of hydrogen-bond acceptors (Lipinski definition) is 5. The summed E-state index contributed by atoms with van der Waals surface area (Å²) >= 11 is 0. The number of rotatable bonds is 2. The molecule has 0 N–H and O–H groups in total. The summed E-state index contributed by atoms with van der Waals surface area (Å²) in [5.41, 5.74) is -1.01. The first kappa shape index (κ1) is 11.4. The van der Waals surface area contributed by atoms with E-state index in [1.54, 1.807) is 0 Å². The Hall–Kier alpha value is -1.12. The van der Waals surface area contributed by atoms with Crippen LogP contribution in [-0.2, 0) is 19.0 Å². The average Bonchev–Trinajstić information content (AvgIpc) is 2.90. The van der Waals surface area contributed by atoms with Crippen molar-refractivity contribution in [1.82, 2.24) is 0 Å². The third-order valence-corrected chi connectivity index (χ3v) is 3.24. The van der Waals surface area contributed by atoms with Crippen LogP contribution in [0.5, 0.6) is 0 Å². The quantitative estimate of drug-likeness (QED) is 0.651. The molecule has 1 saturated carbocycles. The van der Waals surface area contributed by atoms with Gasteiger partial charge in [0.05, 0.1) is 25.9 Å². The second-order valence-electron chi connectivity index (χ2n) is 4.75. The van der Waals surface area contributed by atoms with Gasteiger partial charge in [0.2, 0.25) is 0 Å². The molecule has 5 heteroatoms. The first-order valence-electron chi connectivity index (χ1n) is 5.26. The second-order valence-corrected chi connectivity index (χ2v) is 4.75. The Morgan fingerprint density at radius 3 is 2.69 bits per heavy atom. The van der Waals surface area contributed by atoms with Crippen LogP contribution in [0.3, 0.4) is 0 Å². The minimum Gasteiger partial charge on any atom is -0.468 e. The van der Waals surface area contributed by atoms with Gasteiger partial charge in [-0.1, -0.05) is 0 Å². The third kappa shape index (κ3) is 1.58. The summed E-state index contributed by atoms with van der Waals surface area (Å²) in [6.07, 6.45) is 0.314. The molecule has 16 heavy (non-hydrogen) atoms. The highest BCUT2D eigenvalue weighted by Crippen LogP contribution is 2.57. The van der Waals surface area contributed by atoms with E-state index in [9.17, 15) is 4.79 Å². The molecule has 0 spiro atoms. The number of esters is 1. The van der Waals surface area contributed by atoms with Crippen LogP contribution in [0.1, 0.15) is 20.3 Å². The van der Waals surface area contributed by atoms with Crippen molar-refractivity contribution in [2.45, 2.75) is 32.2 Å². The average molecular weight is 225 g/mol. The van der Waals surface area contributed by atoms with Crippen molar-refractivity contribution in [2.75, 3.05) is 13.7 Å². The van der Waals surface area contributed by atoms with Crippen LogP contribution in [0.4, 0.5) is 0 Å². The van der Waals surface area contributed by atoms with E-state index in [-0.39, 0.29) is 12.0 Å². The van der Waals surface area contributed by atoms with Gasteiger partial charge in [-0.05, 0) is 20.3 Å². The van der Waals surface area contributed by atoms with Crippen LogP contribution in [0.2, 0.25) is 0 Å². The van der Waals surface area contributed by atoms with Gasteiger partial charge in [-0.3, -0.25) is 4.79 Å². The zero-order valence-corrected chi connectivity index (χ0v) is 9.65.